The van der Waals surface area contributed by atoms with Gasteiger partial charge in [0.25, 0.3) is 0 Å². The van der Waals surface area contributed by atoms with Gasteiger partial charge in [0.1, 0.15) is 5.75 Å². The maximum atomic E-state index is 5.39. The summed E-state index contributed by atoms with van der Waals surface area (Å²) >= 11 is 0. The third-order valence-corrected chi connectivity index (χ3v) is 2.20. The van der Waals surface area contributed by atoms with Gasteiger partial charge in [0.2, 0.25) is 0 Å². The molecular weight excluding hydrogens is 166 g/mol. The predicted molar refractivity (Wildman–Crippen MR) is 45.4 cm³/mol. The minimum Gasteiger partial charge on any atom is -0.464 e. The van der Waals surface area contributed by atoms with E-state index in [0.29, 0.717) is 0 Å². The normalized spacial score (nSPS) is 24.3. The number of rotatable bonds is 0. The molecule has 0 bridgehead atoms. The number of benzene rings is 1. The number of ether oxygens (including phenoxy) is 1. The summed E-state index contributed by atoms with van der Waals surface area (Å²) in [6.45, 7) is 2.72. The molecule has 1 fully saturated rings. The molecule has 1 atom stereocenters. The molecule has 2 heterocycles. The van der Waals surface area contributed by atoms with Gasteiger partial charge in [0.05, 0.1) is 12.3 Å². The lowest BCUT2D eigenvalue weighted by atomic mass is 9.99. The van der Waals surface area contributed by atoms with Crippen LogP contribution in [0.2, 0.25) is 0 Å². The zero-order valence-corrected chi connectivity index (χ0v) is 6.78. The highest BCUT2D eigenvalue weighted by Crippen LogP contribution is 2.38. The Morgan fingerprint density at radius 2 is 2.23 bits per heavy atom. The van der Waals surface area contributed by atoms with E-state index >= 15 is 0 Å². The molecule has 13 heavy (non-hydrogen) atoms. The van der Waals surface area contributed by atoms with E-state index in [1.165, 1.54) is 0 Å². The zero-order chi connectivity index (χ0) is 8.67. The van der Waals surface area contributed by atoms with E-state index in [2.05, 4.69) is 12.1 Å². The molecule has 1 N–H and O–H groups in total. The molecule has 64 valence electrons. The van der Waals surface area contributed by atoms with Crippen LogP contribution < -0.4 is 10.2 Å². The van der Waals surface area contributed by atoms with Crippen LogP contribution in [-0.2, 0) is 4.84 Å². The monoisotopic (exact) mass is 173 g/mol. The first-order valence-corrected chi connectivity index (χ1v) is 4.08. The molecule has 0 aromatic heterocycles. The van der Waals surface area contributed by atoms with E-state index in [1.54, 1.807) is 6.26 Å². The molecule has 0 aliphatic carbocycles. The van der Waals surface area contributed by atoms with Crippen LogP contribution in [0.3, 0.4) is 0 Å². The molecule has 1 aromatic carbocycles. The second-order valence-electron chi connectivity index (χ2n) is 2.98. The Labute approximate surface area is 75.9 Å². The van der Waals surface area contributed by atoms with E-state index in [0.717, 1.165) is 16.9 Å². The van der Waals surface area contributed by atoms with Crippen LogP contribution in [0.4, 0.5) is 0 Å². The Morgan fingerprint density at radius 1 is 1.31 bits per heavy atom. The van der Waals surface area contributed by atoms with Gasteiger partial charge in [-0.05, 0) is 6.07 Å². The molecule has 3 nitrogen and oxygen atoms in total. The molecule has 2 aliphatic rings. The topological polar surface area (TPSA) is 30.5 Å². The first-order chi connectivity index (χ1) is 6.45. The van der Waals surface area contributed by atoms with Crippen molar-refractivity contribution in [2.45, 2.75) is 6.04 Å². The highest BCUT2D eigenvalue weighted by atomic mass is 16.7. The van der Waals surface area contributed by atoms with Gasteiger partial charge in [0.15, 0.2) is 6.61 Å². The Morgan fingerprint density at radius 3 is 3.23 bits per heavy atom. The van der Waals surface area contributed by atoms with E-state index in [1.807, 2.05) is 24.3 Å². The Hall–Kier alpha value is -1.32. The highest BCUT2D eigenvalue weighted by molar-refractivity contribution is 5.45. The van der Waals surface area contributed by atoms with Gasteiger partial charge in [-0.3, -0.25) is 4.84 Å². The highest BCUT2D eigenvalue weighted by Gasteiger charge is 2.30. The Bertz CT molecular complexity index is 373. The van der Waals surface area contributed by atoms with Crippen LogP contribution in [-0.4, -0.2) is 0 Å². The van der Waals surface area contributed by atoms with Crippen LogP contribution in [0.5, 0.6) is 5.75 Å². The number of hydrogen-bond acceptors (Lipinski definition) is 3. The molecule has 2 radical (unpaired) electrons. The second-order valence-corrected chi connectivity index (χ2v) is 2.98. The van der Waals surface area contributed by atoms with E-state index < -0.39 is 0 Å². The predicted octanol–water partition coefficient (Wildman–Crippen LogP) is 1.58. The lowest BCUT2D eigenvalue weighted by Gasteiger charge is -2.19. The molecule has 0 spiro atoms. The van der Waals surface area contributed by atoms with Crippen LogP contribution >= 0.6 is 0 Å². The minimum atomic E-state index is 0.0740. The third-order valence-electron chi connectivity index (χ3n) is 2.20. The summed E-state index contributed by atoms with van der Waals surface area (Å²) in [5.41, 5.74) is 4.84. The third kappa shape index (κ3) is 0.978. The van der Waals surface area contributed by atoms with Crippen LogP contribution in [0.1, 0.15) is 11.6 Å². The molecule has 1 saturated heterocycles. The number of nitrogens with one attached hydrogen (secondary N) is 1. The summed E-state index contributed by atoms with van der Waals surface area (Å²) in [7, 11) is 0. The van der Waals surface area contributed by atoms with Crippen molar-refractivity contribution in [3.05, 3.63) is 48.3 Å². The number of hydroxylamine groups is 1. The zero-order valence-electron chi connectivity index (χ0n) is 6.78. The van der Waals surface area contributed by atoms with E-state index in [4.69, 9.17) is 9.57 Å². The quantitative estimate of drug-likeness (QED) is 0.646. The smallest absolute Gasteiger partial charge is 0.192 e. The van der Waals surface area contributed by atoms with Crippen molar-refractivity contribution in [2.75, 3.05) is 0 Å². The molecule has 3 rings (SSSR count). The van der Waals surface area contributed by atoms with Crippen molar-refractivity contribution in [2.24, 2.45) is 0 Å². The summed E-state index contributed by atoms with van der Waals surface area (Å²) < 4.78 is 5.39. The van der Waals surface area contributed by atoms with Crippen LogP contribution in [0.25, 0.3) is 0 Å². The number of fused-ring (bicyclic) bond motifs is 3. The van der Waals surface area contributed by atoms with Crippen molar-refractivity contribution < 1.29 is 9.57 Å². The lowest BCUT2D eigenvalue weighted by molar-refractivity contribution is 0.128. The summed E-state index contributed by atoms with van der Waals surface area (Å²) in [6, 6.07) is 7.94. The number of para-hydroxylation sites is 1. The summed E-state index contributed by atoms with van der Waals surface area (Å²) in [4.78, 5) is 4.90. The van der Waals surface area contributed by atoms with E-state index in [-0.39, 0.29) is 6.04 Å². The van der Waals surface area contributed by atoms with Crippen molar-refractivity contribution in [3.8, 4) is 5.75 Å². The molecule has 1 aromatic rings. The summed E-state index contributed by atoms with van der Waals surface area (Å²) in [5, 5.41) is 0. The fourth-order valence-corrected chi connectivity index (χ4v) is 1.55. The maximum absolute atomic E-state index is 5.39. The van der Waals surface area contributed by atoms with Gasteiger partial charge in [-0.1, -0.05) is 18.2 Å². The Balaban J connectivity index is 2.12. The van der Waals surface area contributed by atoms with Crippen molar-refractivity contribution in [3.63, 3.8) is 0 Å². The first-order valence-electron chi connectivity index (χ1n) is 4.08. The lowest BCUT2D eigenvalue weighted by Crippen LogP contribution is -2.16. The van der Waals surface area contributed by atoms with E-state index in [9.17, 15) is 0 Å². The van der Waals surface area contributed by atoms with Gasteiger partial charge in [-0.15, -0.1) is 0 Å². The Kier molecular flexibility index (Phi) is 1.41. The molecule has 0 saturated carbocycles. The summed E-state index contributed by atoms with van der Waals surface area (Å²) in [6.07, 6.45) is 1.66. The molecule has 0 amide bonds. The molecule has 1 unspecified atom stereocenters. The summed E-state index contributed by atoms with van der Waals surface area (Å²) in [5.74, 6) is 0.871. The molecular formula is C10H7NO2. The SMILES string of the molecule is [C]1ONC2C1=COc1ccccc12. The fraction of sp³-hybridized carbons (Fsp3) is 0.100. The minimum absolute atomic E-state index is 0.0740. The maximum Gasteiger partial charge on any atom is 0.192 e. The van der Waals surface area contributed by atoms with Gasteiger partial charge in [0, 0.05) is 11.1 Å². The molecule has 2 aliphatic heterocycles. The van der Waals surface area contributed by atoms with Crippen molar-refractivity contribution in [1.82, 2.24) is 5.48 Å². The number of hydrogen-bond donors (Lipinski definition) is 1. The van der Waals surface area contributed by atoms with Crippen LogP contribution in [0.15, 0.2) is 36.1 Å². The van der Waals surface area contributed by atoms with Crippen LogP contribution in [0, 0.1) is 6.61 Å². The van der Waals surface area contributed by atoms with Gasteiger partial charge >= 0.3 is 0 Å². The fourth-order valence-electron chi connectivity index (χ4n) is 1.55. The first kappa shape index (κ1) is 7.12. The second kappa shape index (κ2) is 2.58. The standard InChI is InChI=1S/C10H7NO2/c1-2-4-9-8(3-1)10-7(5-12-9)6-13-11-10/h1-5,10-11H. The van der Waals surface area contributed by atoms with Gasteiger partial charge < -0.3 is 4.74 Å². The van der Waals surface area contributed by atoms with Crippen molar-refractivity contribution in [1.29, 1.82) is 0 Å². The van der Waals surface area contributed by atoms with Gasteiger partial charge in [-0.25, -0.2) is 0 Å². The van der Waals surface area contributed by atoms with Gasteiger partial charge in [-0.2, -0.15) is 5.48 Å². The average molecular weight is 173 g/mol. The largest absolute Gasteiger partial charge is 0.464 e. The molecule has 3 heteroatoms. The van der Waals surface area contributed by atoms with Crippen molar-refractivity contribution >= 4 is 0 Å². The average Bonchev–Trinajstić information content (AvgIpc) is 2.65.